The number of ketones is 1. The highest BCUT2D eigenvalue weighted by molar-refractivity contribution is 6.74. The van der Waals surface area contributed by atoms with Crippen LogP contribution in [0.2, 0.25) is 18.1 Å². The molecule has 6 atom stereocenters. The van der Waals surface area contributed by atoms with Crippen LogP contribution in [-0.2, 0) is 9.53 Å². The summed E-state index contributed by atoms with van der Waals surface area (Å²) in [5.74, 6) is 10.2. The topological polar surface area (TPSA) is 54.0 Å². The number of methoxy groups -OCH3 is 2. The van der Waals surface area contributed by atoms with Gasteiger partial charge in [0.25, 0.3) is 8.32 Å². The van der Waals surface area contributed by atoms with Crippen molar-refractivity contribution in [3.05, 3.63) is 28.3 Å². The molecule has 3 rings (SSSR count). The second kappa shape index (κ2) is 13.6. The summed E-state index contributed by atoms with van der Waals surface area (Å²) in [6.45, 7) is 24.2. The minimum Gasteiger partial charge on any atom is -0.541 e. The van der Waals surface area contributed by atoms with E-state index >= 15 is 0 Å². The molecule has 6 heteroatoms. The van der Waals surface area contributed by atoms with E-state index in [4.69, 9.17) is 18.6 Å². The average molecular weight is 597 g/mol. The highest BCUT2D eigenvalue weighted by Gasteiger charge is 2.44. The third-order valence-electron chi connectivity index (χ3n) is 9.66. The van der Waals surface area contributed by atoms with Gasteiger partial charge in [-0.2, -0.15) is 0 Å². The van der Waals surface area contributed by atoms with E-state index in [0.29, 0.717) is 29.1 Å². The van der Waals surface area contributed by atoms with Crippen molar-refractivity contribution in [2.45, 2.75) is 125 Å². The van der Waals surface area contributed by atoms with Gasteiger partial charge in [-0.1, -0.05) is 72.0 Å². The predicted octanol–water partition coefficient (Wildman–Crippen LogP) is 9.21. The number of hydrogen-bond donors (Lipinski definition) is 0. The Bertz CT molecular complexity index is 1230. The van der Waals surface area contributed by atoms with Gasteiger partial charge in [-0.3, -0.25) is 4.79 Å². The van der Waals surface area contributed by atoms with Gasteiger partial charge < -0.3 is 18.6 Å². The second-order valence-electron chi connectivity index (χ2n) is 14.6. The average Bonchev–Trinajstić information content (AvgIpc) is 2.86. The van der Waals surface area contributed by atoms with Crippen molar-refractivity contribution < 1.29 is 23.4 Å². The molecule has 0 N–H and O–H groups in total. The summed E-state index contributed by atoms with van der Waals surface area (Å²) in [7, 11) is 1.02. The molecule has 1 aromatic rings. The Morgan fingerprint density at radius 2 is 1.60 bits per heavy atom. The molecule has 42 heavy (non-hydrogen) atoms. The number of carbonyl (C=O) groups excluding carboxylic acids is 1. The first-order chi connectivity index (χ1) is 19.5. The Morgan fingerprint density at radius 3 is 2.19 bits per heavy atom. The summed E-state index contributed by atoms with van der Waals surface area (Å²) in [5, 5.41) is -0.0462. The van der Waals surface area contributed by atoms with Crippen molar-refractivity contribution >= 4 is 14.1 Å². The molecule has 1 fully saturated rings. The molecule has 2 bridgehead atoms. The lowest BCUT2D eigenvalue weighted by atomic mass is 9.83. The van der Waals surface area contributed by atoms with Crippen LogP contribution in [0.25, 0.3) is 0 Å². The summed E-state index contributed by atoms with van der Waals surface area (Å²) in [4.78, 5) is 13.6. The minimum absolute atomic E-state index is 0.0462. The fourth-order valence-corrected chi connectivity index (χ4v) is 7.28. The van der Waals surface area contributed by atoms with Gasteiger partial charge in [0.15, 0.2) is 11.5 Å². The monoisotopic (exact) mass is 596 g/mol. The number of fused-ring (bicyclic) bond motifs is 4. The normalized spacial score (nSPS) is 29.0. The van der Waals surface area contributed by atoms with Crippen LogP contribution >= 0.6 is 0 Å². The largest absolute Gasteiger partial charge is 0.541 e. The Kier molecular flexibility index (Phi) is 11.1. The Morgan fingerprint density at radius 1 is 0.952 bits per heavy atom. The molecule has 0 aliphatic carbocycles. The maximum Gasteiger partial charge on any atom is 0.250 e. The van der Waals surface area contributed by atoms with Gasteiger partial charge >= 0.3 is 0 Å². The molecule has 0 unspecified atom stereocenters. The Labute approximate surface area is 257 Å². The lowest BCUT2D eigenvalue weighted by Gasteiger charge is -2.40. The Balaban J connectivity index is 2.35. The van der Waals surface area contributed by atoms with E-state index in [1.54, 1.807) is 14.2 Å². The molecule has 0 spiro atoms. The molecule has 2 aliphatic heterocycles. The van der Waals surface area contributed by atoms with Gasteiger partial charge in [-0.25, -0.2) is 0 Å². The van der Waals surface area contributed by atoms with Crippen LogP contribution in [-0.4, -0.2) is 34.4 Å². The SMILES string of the molecule is COc1c(C)c(OC)c(O[Si](C)(C)C(C)(C)C)c2c1C#C[C@@H](C)C[C@H](C)C/C(C)=C\[C@@H](C)CC[C@H]1O[C@@H]2CC(=O)[C@H]1C. The highest BCUT2D eigenvalue weighted by Crippen LogP contribution is 2.52. The molecule has 0 radical (unpaired) electrons. The van der Waals surface area contributed by atoms with Crippen molar-refractivity contribution in [1.82, 2.24) is 0 Å². The number of hydrogen-bond acceptors (Lipinski definition) is 5. The standard InChI is InChI=1S/C36H56O5Si/c1-22-14-16-28-32(35(41-42(12,13)36(7,8)9)34(39-11)27(6)33(28)38-10)31-21-29(37)26(5)30(40-31)17-15-23(2)19-25(4)20-24(3)18-22/h19,22-24,26,30-31H,15,17-18,20-21H2,1-13H3/b25-19-/t22-,23+,24+,26-,30-,31-/m1/s1. The van der Waals surface area contributed by atoms with Crippen LogP contribution in [0.15, 0.2) is 11.6 Å². The zero-order valence-electron chi connectivity index (χ0n) is 28.6. The van der Waals surface area contributed by atoms with E-state index in [-0.39, 0.29) is 35.2 Å². The first-order valence-corrected chi connectivity index (χ1v) is 18.8. The maximum atomic E-state index is 13.6. The fourth-order valence-electron chi connectivity index (χ4n) is 6.26. The van der Waals surface area contributed by atoms with Crippen LogP contribution in [0.1, 0.15) is 110 Å². The molecule has 2 heterocycles. The molecule has 5 nitrogen and oxygen atoms in total. The molecule has 1 aromatic carbocycles. The molecule has 0 aromatic heterocycles. The summed E-state index contributed by atoms with van der Waals surface area (Å²) in [6.07, 6.45) is 5.86. The fraction of sp³-hybridized carbons (Fsp3) is 0.694. The van der Waals surface area contributed by atoms with E-state index in [0.717, 1.165) is 42.4 Å². The van der Waals surface area contributed by atoms with Gasteiger partial charge in [-0.05, 0) is 69.5 Å². The molecule has 2 aliphatic rings. The number of carbonyl (C=O) groups is 1. The van der Waals surface area contributed by atoms with Crippen LogP contribution in [0, 0.1) is 42.4 Å². The summed E-state index contributed by atoms with van der Waals surface area (Å²) in [6, 6.07) is 0. The van der Waals surface area contributed by atoms with Crippen molar-refractivity contribution in [1.29, 1.82) is 0 Å². The van der Waals surface area contributed by atoms with Crippen LogP contribution in [0.3, 0.4) is 0 Å². The third-order valence-corrected chi connectivity index (χ3v) is 14.0. The van der Waals surface area contributed by atoms with E-state index in [1.807, 2.05) is 13.8 Å². The number of Topliss-reactive ketones (excluding diaryl/α,β-unsaturated/α-hetero) is 1. The molecule has 0 amide bonds. The van der Waals surface area contributed by atoms with Gasteiger partial charge in [-0.15, -0.1) is 0 Å². The van der Waals surface area contributed by atoms with Crippen LogP contribution in [0.5, 0.6) is 17.2 Å². The number of allylic oxidation sites excluding steroid dienone is 2. The molecular formula is C36H56O5Si. The highest BCUT2D eigenvalue weighted by atomic mass is 28.4. The van der Waals surface area contributed by atoms with Crippen molar-refractivity contribution in [3.63, 3.8) is 0 Å². The van der Waals surface area contributed by atoms with Crippen LogP contribution in [0.4, 0.5) is 0 Å². The molecule has 0 saturated carbocycles. The van der Waals surface area contributed by atoms with E-state index in [9.17, 15) is 4.79 Å². The lowest BCUT2D eigenvalue weighted by Crippen LogP contribution is -2.44. The van der Waals surface area contributed by atoms with Gasteiger partial charge in [0.1, 0.15) is 11.5 Å². The molecular weight excluding hydrogens is 540 g/mol. The maximum absolute atomic E-state index is 13.6. The quantitative estimate of drug-likeness (QED) is 0.197. The van der Waals surface area contributed by atoms with Gasteiger partial charge in [0.05, 0.1) is 32.0 Å². The summed E-state index contributed by atoms with van der Waals surface area (Å²) in [5.41, 5.74) is 3.83. The number of ether oxygens (including phenoxy) is 3. The second-order valence-corrected chi connectivity index (χ2v) is 19.3. The molecule has 234 valence electrons. The third kappa shape index (κ3) is 7.64. The Hall–Kier alpha value is -2.23. The van der Waals surface area contributed by atoms with Gasteiger partial charge in [0, 0.05) is 29.4 Å². The van der Waals surface area contributed by atoms with E-state index in [2.05, 4.69) is 79.5 Å². The zero-order valence-corrected chi connectivity index (χ0v) is 29.6. The zero-order chi connectivity index (χ0) is 31.6. The smallest absolute Gasteiger partial charge is 0.250 e. The molecule has 1 saturated heterocycles. The van der Waals surface area contributed by atoms with Crippen LogP contribution < -0.4 is 13.9 Å². The van der Waals surface area contributed by atoms with Gasteiger partial charge in [0.2, 0.25) is 0 Å². The van der Waals surface area contributed by atoms with E-state index in [1.165, 1.54) is 5.57 Å². The van der Waals surface area contributed by atoms with Crippen molar-refractivity contribution in [2.75, 3.05) is 14.2 Å². The minimum atomic E-state index is -2.33. The van der Waals surface area contributed by atoms with E-state index < -0.39 is 14.4 Å². The van der Waals surface area contributed by atoms with Crippen molar-refractivity contribution in [3.8, 4) is 29.1 Å². The van der Waals surface area contributed by atoms with Crippen molar-refractivity contribution in [2.24, 2.45) is 23.7 Å². The number of rotatable bonds is 4. The predicted molar refractivity (Wildman–Crippen MR) is 175 cm³/mol. The lowest BCUT2D eigenvalue weighted by molar-refractivity contribution is -0.146. The number of benzene rings is 1. The summed E-state index contributed by atoms with van der Waals surface area (Å²) >= 11 is 0. The first kappa shape index (κ1) is 34.3. The first-order valence-electron chi connectivity index (χ1n) is 15.8. The summed E-state index contributed by atoms with van der Waals surface area (Å²) < 4.78 is 26.1.